The molecule has 0 aromatic heterocycles. The molecule has 0 saturated heterocycles. The van der Waals surface area contributed by atoms with Crippen molar-refractivity contribution >= 4 is 23.2 Å². The molecular formula is C5H10Cl2O. The smallest absolute Gasteiger partial charge is 0.0627 e. The molecule has 0 rings (SSSR count). The van der Waals surface area contributed by atoms with E-state index >= 15 is 0 Å². The maximum absolute atomic E-state index is 5.55. The fraction of sp³-hybridized carbons (Fsp3) is 1.00. The monoisotopic (exact) mass is 156 g/mol. The zero-order valence-corrected chi connectivity index (χ0v) is 6.37. The largest absolute Gasteiger partial charge is 0.379 e. The van der Waals surface area contributed by atoms with Crippen molar-refractivity contribution in [3.05, 3.63) is 0 Å². The first-order valence-electron chi connectivity index (χ1n) is 2.55. The summed E-state index contributed by atoms with van der Waals surface area (Å²) in [6, 6.07) is 0. The van der Waals surface area contributed by atoms with E-state index in [1.54, 1.807) is 0 Å². The highest BCUT2D eigenvalue weighted by atomic mass is 35.5. The number of halogens is 2. The molecule has 0 amide bonds. The van der Waals surface area contributed by atoms with E-state index in [1.165, 1.54) is 0 Å². The van der Waals surface area contributed by atoms with Gasteiger partial charge in [0.25, 0.3) is 0 Å². The fourth-order valence-electron chi connectivity index (χ4n) is 0.300. The van der Waals surface area contributed by atoms with Crippen LogP contribution in [0.4, 0.5) is 0 Å². The van der Waals surface area contributed by atoms with Gasteiger partial charge in [0.1, 0.15) is 0 Å². The van der Waals surface area contributed by atoms with Crippen LogP contribution in [0.3, 0.4) is 0 Å². The molecule has 3 heteroatoms. The molecule has 0 fully saturated rings. The second-order valence-electron chi connectivity index (χ2n) is 1.54. The van der Waals surface area contributed by atoms with Crippen LogP contribution < -0.4 is 0 Å². The van der Waals surface area contributed by atoms with Gasteiger partial charge in [-0.15, -0.1) is 23.2 Å². The van der Waals surface area contributed by atoms with Crippen molar-refractivity contribution in [2.45, 2.75) is 12.3 Å². The first-order valence-corrected chi connectivity index (χ1v) is 3.52. The van der Waals surface area contributed by atoms with E-state index in [-0.39, 0.29) is 5.38 Å². The molecule has 1 nitrogen and oxygen atoms in total. The van der Waals surface area contributed by atoms with Crippen molar-refractivity contribution < 1.29 is 4.74 Å². The summed E-state index contributed by atoms with van der Waals surface area (Å²) < 4.78 is 4.98. The minimum atomic E-state index is 0.0956. The van der Waals surface area contributed by atoms with Gasteiger partial charge in [-0.25, -0.2) is 0 Å². The molecule has 1 atom stereocenters. The van der Waals surface area contributed by atoms with Crippen LogP contribution in [-0.2, 0) is 4.74 Å². The molecule has 50 valence electrons. The molecule has 0 spiro atoms. The Morgan fingerprint density at radius 2 is 2.25 bits per heavy atom. The van der Waals surface area contributed by atoms with Crippen molar-refractivity contribution in [3.8, 4) is 0 Å². The van der Waals surface area contributed by atoms with Crippen molar-refractivity contribution in [1.29, 1.82) is 0 Å². The molecule has 0 aromatic carbocycles. The summed E-state index contributed by atoms with van der Waals surface area (Å²) in [7, 11) is 0. The van der Waals surface area contributed by atoms with Crippen LogP contribution in [0.2, 0.25) is 0 Å². The summed E-state index contributed by atoms with van der Waals surface area (Å²) in [4.78, 5) is 0. The van der Waals surface area contributed by atoms with Gasteiger partial charge in [0.05, 0.1) is 18.6 Å². The van der Waals surface area contributed by atoms with E-state index in [4.69, 9.17) is 27.9 Å². The van der Waals surface area contributed by atoms with Crippen molar-refractivity contribution in [2.24, 2.45) is 0 Å². The van der Waals surface area contributed by atoms with Crippen LogP contribution in [0.25, 0.3) is 0 Å². The van der Waals surface area contributed by atoms with E-state index < -0.39 is 0 Å². The summed E-state index contributed by atoms with van der Waals surface area (Å²) in [6.45, 7) is 3.07. The second-order valence-corrected chi connectivity index (χ2v) is 2.67. The minimum Gasteiger partial charge on any atom is -0.379 e. The third-order valence-electron chi connectivity index (χ3n) is 0.569. The van der Waals surface area contributed by atoms with Crippen LogP contribution in [0, 0.1) is 0 Å². The lowest BCUT2D eigenvalue weighted by Gasteiger charge is -2.01. The first kappa shape index (κ1) is 8.54. The molecule has 8 heavy (non-hydrogen) atoms. The van der Waals surface area contributed by atoms with Crippen LogP contribution in [0.1, 0.15) is 6.92 Å². The first-order chi connectivity index (χ1) is 3.77. The average molecular weight is 157 g/mol. The third-order valence-corrected chi connectivity index (χ3v) is 0.849. The van der Waals surface area contributed by atoms with Crippen LogP contribution in [0.5, 0.6) is 0 Å². The Morgan fingerprint density at radius 3 is 2.62 bits per heavy atom. The minimum absolute atomic E-state index is 0.0956. The van der Waals surface area contributed by atoms with Crippen LogP contribution in [-0.4, -0.2) is 24.5 Å². The molecular weight excluding hydrogens is 147 g/mol. The Bertz CT molecular complexity index is 47.7. The molecule has 0 heterocycles. The van der Waals surface area contributed by atoms with E-state index in [0.29, 0.717) is 19.1 Å². The van der Waals surface area contributed by atoms with Gasteiger partial charge in [0.15, 0.2) is 0 Å². The highest BCUT2D eigenvalue weighted by Crippen LogP contribution is 1.93. The van der Waals surface area contributed by atoms with Gasteiger partial charge >= 0.3 is 0 Å². The molecule has 0 saturated carbocycles. The van der Waals surface area contributed by atoms with E-state index in [0.717, 1.165) is 0 Å². The zero-order valence-electron chi connectivity index (χ0n) is 4.86. The molecule has 0 aliphatic carbocycles. The summed E-state index contributed by atoms with van der Waals surface area (Å²) in [6.07, 6.45) is 0. The summed E-state index contributed by atoms with van der Waals surface area (Å²) in [5.41, 5.74) is 0. The van der Waals surface area contributed by atoms with Gasteiger partial charge in [-0.2, -0.15) is 0 Å². The summed E-state index contributed by atoms with van der Waals surface area (Å²) >= 11 is 10.9. The van der Waals surface area contributed by atoms with Crippen molar-refractivity contribution in [1.82, 2.24) is 0 Å². The number of hydrogen-bond donors (Lipinski definition) is 0. The Kier molecular flexibility index (Phi) is 6.06. The van der Waals surface area contributed by atoms with Crippen molar-refractivity contribution in [2.75, 3.05) is 19.1 Å². The van der Waals surface area contributed by atoms with E-state index in [9.17, 15) is 0 Å². The van der Waals surface area contributed by atoms with Gasteiger partial charge in [0.2, 0.25) is 0 Å². The van der Waals surface area contributed by atoms with E-state index in [2.05, 4.69) is 0 Å². The Hall–Kier alpha value is 0.540. The predicted molar refractivity (Wildman–Crippen MR) is 36.9 cm³/mol. The molecule has 0 radical (unpaired) electrons. The lowest BCUT2D eigenvalue weighted by molar-refractivity contribution is 0.152. The van der Waals surface area contributed by atoms with Crippen molar-refractivity contribution in [3.63, 3.8) is 0 Å². The number of hydrogen-bond acceptors (Lipinski definition) is 1. The van der Waals surface area contributed by atoms with Gasteiger partial charge in [-0.05, 0) is 6.92 Å². The van der Waals surface area contributed by atoms with Gasteiger partial charge in [-0.3, -0.25) is 0 Å². The average Bonchev–Trinajstić information content (AvgIpc) is 1.66. The Balaban J connectivity index is 2.72. The molecule has 0 N–H and O–H groups in total. The van der Waals surface area contributed by atoms with Crippen LogP contribution >= 0.6 is 23.2 Å². The Labute approximate surface area is 59.9 Å². The number of alkyl halides is 2. The van der Waals surface area contributed by atoms with Gasteiger partial charge in [0, 0.05) is 5.88 Å². The number of rotatable bonds is 4. The standard InChI is InChI=1S/C5H10Cl2O/c1-5(7)4-8-3-2-6/h5H,2-4H2,1H3. The van der Waals surface area contributed by atoms with Gasteiger partial charge < -0.3 is 4.74 Å². The summed E-state index contributed by atoms with van der Waals surface area (Å²) in [5, 5.41) is 0.0956. The topological polar surface area (TPSA) is 9.23 Å². The second kappa shape index (κ2) is 5.67. The normalized spacial score (nSPS) is 13.9. The SMILES string of the molecule is CC(Cl)COCCCl. The zero-order chi connectivity index (χ0) is 6.41. The van der Waals surface area contributed by atoms with Crippen LogP contribution in [0.15, 0.2) is 0 Å². The molecule has 0 bridgehead atoms. The van der Waals surface area contributed by atoms with Gasteiger partial charge in [-0.1, -0.05) is 0 Å². The summed E-state index contributed by atoms with van der Waals surface area (Å²) in [5.74, 6) is 0.545. The number of ether oxygens (including phenoxy) is 1. The third kappa shape index (κ3) is 6.54. The Morgan fingerprint density at radius 1 is 1.62 bits per heavy atom. The lowest BCUT2D eigenvalue weighted by Crippen LogP contribution is -2.05. The maximum Gasteiger partial charge on any atom is 0.0627 e. The highest BCUT2D eigenvalue weighted by Gasteiger charge is 1.92. The lowest BCUT2D eigenvalue weighted by atomic mass is 10.5. The van der Waals surface area contributed by atoms with E-state index in [1.807, 2.05) is 6.92 Å². The fourth-order valence-corrected chi connectivity index (χ4v) is 0.498. The predicted octanol–water partition coefficient (Wildman–Crippen LogP) is 1.87. The molecule has 0 aliphatic rings. The molecule has 0 aromatic rings. The molecule has 0 aliphatic heterocycles. The quantitative estimate of drug-likeness (QED) is 0.447. The maximum atomic E-state index is 5.55. The molecule has 1 unspecified atom stereocenters. The highest BCUT2D eigenvalue weighted by molar-refractivity contribution is 6.20.